The van der Waals surface area contributed by atoms with E-state index in [4.69, 9.17) is 14.6 Å². The van der Waals surface area contributed by atoms with Crippen molar-refractivity contribution in [1.29, 1.82) is 0 Å². The highest BCUT2D eigenvalue weighted by Gasteiger charge is 2.06. The number of allylic oxidation sites excluding steroid dienone is 1. The highest BCUT2D eigenvalue weighted by molar-refractivity contribution is 7.99. The number of aryl methyl sites for hydroxylation is 1. The van der Waals surface area contributed by atoms with Crippen LogP contribution in [0.25, 0.3) is 16.7 Å². The monoisotopic (exact) mass is 520 g/mol. The van der Waals surface area contributed by atoms with Gasteiger partial charge in [0.15, 0.2) is 6.61 Å². The highest BCUT2D eigenvalue weighted by atomic mass is 32.2. The van der Waals surface area contributed by atoms with Gasteiger partial charge in [-0.1, -0.05) is 72.5 Å². The third-order valence-electron chi connectivity index (χ3n) is 5.77. The minimum absolute atomic E-state index is 0.352. The maximum Gasteiger partial charge on any atom is 0.341 e. The van der Waals surface area contributed by atoms with Gasteiger partial charge in [0.05, 0.1) is 7.11 Å². The average molecular weight is 521 g/mol. The van der Waals surface area contributed by atoms with Gasteiger partial charge in [0.1, 0.15) is 11.5 Å². The summed E-state index contributed by atoms with van der Waals surface area (Å²) in [7, 11) is 1.65. The molecule has 0 saturated heterocycles. The summed E-state index contributed by atoms with van der Waals surface area (Å²) in [5, 5.41) is 8.84. The fourth-order valence-corrected chi connectivity index (χ4v) is 4.63. The number of aliphatic carboxylic acids is 1. The lowest BCUT2D eigenvalue weighted by molar-refractivity contribution is -0.139. The van der Waals surface area contributed by atoms with Crippen LogP contribution in [0, 0.1) is 18.8 Å². The standard InChI is InChI=1S/C33H28O4S/c1-24-22-31(18-19-32(24)37-23-33(34)35)38-21-20-29(11-8-25-9-16-30(36-2)17-10-25)28-14-12-27(13-15-28)26-6-4-3-5-7-26/h3-7,9-10,12-20,22H,21,23H2,1-2H3,(H,34,35)/b29-20+. The van der Waals surface area contributed by atoms with Crippen molar-refractivity contribution in [2.45, 2.75) is 11.8 Å². The van der Waals surface area contributed by atoms with Gasteiger partial charge in [-0.2, -0.15) is 0 Å². The van der Waals surface area contributed by atoms with Gasteiger partial charge in [0.2, 0.25) is 0 Å². The number of ether oxygens (including phenoxy) is 2. The van der Waals surface area contributed by atoms with Gasteiger partial charge in [0.25, 0.3) is 0 Å². The first-order valence-electron chi connectivity index (χ1n) is 12.1. The van der Waals surface area contributed by atoms with Gasteiger partial charge >= 0.3 is 5.97 Å². The van der Waals surface area contributed by atoms with Crippen LogP contribution in [0.2, 0.25) is 0 Å². The lowest BCUT2D eigenvalue weighted by Crippen LogP contribution is -2.09. The molecule has 0 aliphatic heterocycles. The summed E-state index contributed by atoms with van der Waals surface area (Å²) >= 11 is 1.68. The molecule has 0 aromatic heterocycles. The van der Waals surface area contributed by atoms with Gasteiger partial charge in [0, 0.05) is 21.8 Å². The van der Waals surface area contributed by atoms with E-state index in [1.165, 1.54) is 5.56 Å². The fourth-order valence-electron chi connectivity index (χ4n) is 3.76. The first kappa shape index (κ1) is 26.7. The Morgan fingerprint density at radius 3 is 2.29 bits per heavy atom. The van der Waals surface area contributed by atoms with Crippen molar-refractivity contribution in [3.05, 3.63) is 120 Å². The van der Waals surface area contributed by atoms with Gasteiger partial charge in [-0.05, 0) is 71.6 Å². The van der Waals surface area contributed by atoms with Crippen LogP contribution in [0.5, 0.6) is 11.5 Å². The van der Waals surface area contributed by atoms with Crippen molar-refractivity contribution >= 4 is 23.3 Å². The van der Waals surface area contributed by atoms with E-state index in [2.05, 4.69) is 54.3 Å². The Kier molecular flexibility index (Phi) is 9.28. The van der Waals surface area contributed by atoms with E-state index < -0.39 is 5.97 Å². The van der Waals surface area contributed by atoms with E-state index in [-0.39, 0.29) is 6.61 Å². The number of rotatable bonds is 9. The molecule has 0 unspecified atom stereocenters. The molecule has 4 aromatic carbocycles. The Hall–Kier alpha value is -4.40. The molecule has 1 N–H and O–H groups in total. The molecule has 190 valence electrons. The van der Waals surface area contributed by atoms with E-state index in [1.54, 1.807) is 18.9 Å². The first-order chi connectivity index (χ1) is 18.5. The number of thioether (sulfide) groups is 1. The van der Waals surface area contributed by atoms with E-state index in [9.17, 15) is 4.79 Å². The van der Waals surface area contributed by atoms with Gasteiger partial charge in [-0.25, -0.2) is 4.79 Å². The number of benzene rings is 4. The predicted octanol–water partition coefficient (Wildman–Crippen LogP) is 7.36. The summed E-state index contributed by atoms with van der Waals surface area (Å²) in [6, 6.07) is 32.3. The van der Waals surface area contributed by atoms with Crippen LogP contribution in [0.3, 0.4) is 0 Å². The summed E-state index contributed by atoms with van der Waals surface area (Å²) in [6.07, 6.45) is 2.14. The zero-order valence-electron chi connectivity index (χ0n) is 21.3. The SMILES string of the molecule is COc1ccc(C#C/C(=C\CSc2ccc(OCC(=O)O)c(C)c2)c2ccc(-c3ccccc3)cc2)cc1. The van der Waals surface area contributed by atoms with Gasteiger partial charge in [-0.3, -0.25) is 0 Å². The van der Waals surface area contributed by atoms with Crippen molar-refractivity contribution < 1.29 is 19.4 Å². The number of hydrogen-bond donors (Lipinski definition) is 1. The predicted molar refractivity (Wildman–Crippen MR) is 155 cm³/mol. The fraction of sp³-hybridized carbons (Fsp3) is 0.121. The van der Waals surface area contributed by atoms with Crippen LogP contribution >= 0.6 is 11.8 Å². The van der Waals surface area contributed by atoms with Gasteiger partial charge < -0.3 is 14.6 Å². The maximum atomic E-state index is 10.8. The Labute approximate surface area is 228 Å². The van der Waals surface area contributed by atoms with Crippen LogP contribution < -0.4 is 9.47 Å². The number of carbonyl (C=O) groups is 1. The Morgan fingerprint density at radius 1 is 0.921 bits per heavy atom. The minimum Gasteiger partial charge on any atom is -0.497 e. The molecule has 0 heterocycles. The lowest BCUT2D eigenvalue weighted by Gasteiger charge is -2.09. The third kappa shape index (κ3) is 7.55. The largest absolute Gasteiger partial charge is 0.497 e. The topological polar surface area (TPSA) is 55.8 Å². The normalized spacial score (nSPS) is 10.8. The summed E-state index contributed by atoms with van der Waals surface area (Å²) in [4.78, 5) is 11.9. The summed E-state index contributed by atoms with van der Waals surface area (Å²) < 4.78 is 10.6. The molecular formula is C33H28O4S. The van der Waals surface area contributed by atoms with Crippen LogP contribution in [-0.2, 0) is 4.79 Å². The van der Waals surface area contributed by atoms with Crippen molar-refractivity contribution in [1.82, 2.24) is 0 Å². The molecule has 5 heteroatoms. The van der Waals surface area contributed by atoms with Crippen LogP contribution in [0.1, 0.15) is 16.7 Å². The summed E-state index contributed by atoms with van der Waals surface area (Å²) in [6.45, 7) is 1.56. The molecule has 0 bridgehead atoms. The molecule has 0 aliphatic carbocycles. The smallest absolute Gasteiger partial charge is 0.341 e. The van der Waals surface area contributed by atoms with Crippen molar-refractivity contribution in [2.75, 3.05) is 19.5 Å². The molecule has 4 nitrogen and oxygen atoms in total. The number of methoxy groups -OCH3 is 1. The summed E-state index contributed by atoms with van der Waals surface area (Å²) in [5.41, 5.74) is 6.16. The molecule has 38 heavy (non-hydrogen) atoms. The zero-order valence-corrected chi connectivity index (χ0v) is 22.1. The highest BCUT2D eigenvalue weighted by Crippen LogP contribution is 2.27. The molecule has 4 aromatic rings. The van der Waals surface area contributed by atoms with Crippen molar-refractivity contribution in [2.24, 2.45) is 0 Å². The quantitative estimate of drug-likeness (QED) is 0.185. The Bertz CT molecular complexity index is 1460. The molecule has 0 atom stereocenters. The summed E-state index contributed by atoms with van der Waals surface area (Å²) in [5.74, 6) is 7.76. The van der Waals surface area contributed by atoms with Crippen molar-refractivity contribution in [3.63, 3.8) is 0 Å². The second-order valence-electron chi connectivity index (χ2n) is 8.46. The lowest BCUT2D eigenvalue weighted by atomic mass is 10.0. The zero-order chi connectivity index (χ0) is 26.7. The molecule has 0 fully saturated rings. The van der Waals surface area contributed by atoms with Gasteiger partial charge in [-0.15, -0.1) is 11.8 Å². The number of carboxylic acids is 1. The molecule has 0 saturated carbocycles. The van der Waals surface area contributed by atoms with E-state index in [1.807, 2.05) is 67.6 Å². The Balaban J connectivity index is 1.54. The molecule has 0 aliphatic rings. The van der Waals surface area contributed by atoms with Crippen molar-refractivity contribution in [3.8, 4) is 34.5 Å². The molecule has 0 radical (unpaired) electrons. The van der Waals surface area contributed by atoms with Crippen LogP contribution in [-0.4, -0.2) is 30.5 Å². The molecule has 0 amide bonds. The van der Waals surface area contributed by atoms with E-state index >= 15 is 0 Å². The first-order valence-corrected chi connectivity index (χ1v) is 13.1. The third-order valence-corrected chi connectivity index (χ3v) is 6.69. The average Bonchev–Trinajstić information content (AvgIpc) is 2.95. The molecule has 4 rings (SSSR count). The molecular weight excluding hydrogens is 492 g/mol. The van der Waals surface area contributed by atoms with E-state index in [0.717, 1.165) is 44.2 Å². The molecule has 0 spiro atoms. The second kappa shape index (κ2) is 13.2. The van der Waals surface area contributed by atoms with E-state index in [0.29, 0.717) is 5.75 Å². The second-order valence-corrected chi connectivity index (χ2v) is 9.55. The van der Waals surface area contributed by atoms with Crippen LogP contribution in [0.4, 0.5) is 0 Å². The number of carboxylic acid groups (broad SMARTS) is 1. The van der Waals surface area contributed by atoms with Crippen LogP contribution in [0.15, 0.2) is 108 Å². The maximum absolute atomic E-state index is 10.8. The number of hydrogen-bond acceptors (Lipinski definition) is 4. The Morgan fingerprint density at radius 2 is 1.63 bits per heavy atom. The minimum atomic E-state index is -0.993.